The molecule has 4 nitrogen and oxygen atoms in total. The summed E-state index contributed by atoms with van der Waals surface area (Å²) in [6.07, 6.45) is -0.558. The third-order valence-corrected chi connectivity index (χ3v) is 6.16. The Kier molecular flexibility index (Phi) is 7.24. The molecule has 2 unspecified atom stereocenters. The van der Waals surface area contributed by atoms with Crippen LogP contribution >= 0.6 is 0 Å². The zero-order chi connectivity index (χ0) is 24.3. The average Bonchev–Trinajstić information content (AvgIpc) is 2.79. The van der Waals surface area contributed by atoms with Crippen molar-refractivity contribution in [2.45, 2.75) is 71.7 Å². The first-order chi connectivity index (χ1) is 16.2. The summed E-state index contributed by atoms with van der Waals surface area (Å²) in [7, 11) is 0. The SMILES string of the molecule is Cc1ccccc1COC1C(OC(C)C)c2cc(NCc3ccc(F)cc3)ccc2OC1(C)C. The highest BCUT2D eigenvalue weighted by molar-refractivity contribution is 5.54. The number of nitrogens with one attached hydrogen (secondary N) is 1. The maximum atomic E-state index is 13.2. The van der Waals surface area contributed by atoms with E-state index in [1.807, 2.05) is 38.1 Å². The monoisotopic (exact) mass is 463 g/mol. The molecule has 180 valence electrons. The Bertz CT molecular complexity index is 1110. The van der Waals surface area contributed by atoms with Gasteiger partial charge in [0.05, 0.1) is 12.7 Å². The molecule has 0 saturated carbocycles. The molecule has 0 aliphatic carbocycles. The molecule has 0 aromatic heterocycles. The van der Waals surface area contributed by atoms with E-state index in [4.69, 9.17) is 14.2 Å². The highest BCUT2D eigenvalue weighted by atomic mass is 19.1. The van der Waals surface area contributed by atoms with Gasteiger partial charge in [-0.15, -0.1) is 0 Å². The van der Waals surface area contributed by atoms with Crippen molar-refractivity contribution in [1.82, 2.24) is 0 Å². The summed E-state index contributed by atoms with van der Waals surface area (Å²) in [4.78, 5) is 0. The Morgan fingerprint density at radius 2 is 1.76 bits per heavy atom. The van der Waals surface area contributed by atoms with Crippen LogP contribution in [0.15, 0.2) is 66.7 Å². The van der Waals surface area contributed by atoms with E-state index in [0.717, 1.165) is 28.1 Å². The second kappa shape index (κ2) is 10.2. The fraction of sp³-hybridized carbons (Fsp3) is 0.379. The van der Waals surface area contributed by atoms with Gasteiger partial charge < -0.3 is 19.5 Å². The standard InChI is InChI=1S/C29H34FNO3/c1-19(2)33-27-25-16-24(31-17-21-10-12-23(30)13-11-21)14-15-26(25)34-29(4,5)28(27)32-18-22-9-7-6-8-20(22)3/h6-16,19,27-28,31H,17-18H2,1-5H3. The molecule has 3 aromatic carbocycles. The third kappa shape index (κ3) is 5.60. The normalized spacial score (nSPS) is 18.9. The van der Waals surface area contributed by atoms with Gasteiger partial charge in [-0.2, -0.15) is 0 Å². The maximum absolute atomic E-state index is 13.2. The quantitative estimate of drug-likeness (QED) is 0.392. The predicted molar refractivity (Wildman–Crippen MR) is 134 cm³/mol. The van der Waals surface area contributed by atoms with Crippen molar-refractivity contribution in [3.8, 4) is 5.75 Å². The lowest BCUT2D eigenvalue weighted by Crippen LogP contribution is -2.51. The Balaban J connectivity index is 1.59. The number of anilines is 1. The van der Waals surface area contributed by atoms with Gasteiger partial charge in [0.25, 0.3) is 0 Å². The molecule has 0 bridgehead atoms. The van der Waals surface area contributed by atoms with Crippen molar-refractivity contribution in [3.05, 3.63) is 94.8 Å². The van der Waals surface area contributed by atoms with E-state index in [0.29, 0.717) is 13.2 Å². The molecule has 1 aliphatic heterocycles. The van der Waals surface area contributed by atoms with Gasteiger partial charge in [0.15, 0.2) is 0 Å². The van der Waals surface area contributed by atoms with Crippen LogP contribution in [-0.2, 0) is 22.6 Å². The Hall–Kier alpha value is -2.89. The smallest absolute Gasteiger partial charge is 0.132 e. The van der Waals surface area contributed by atoms with Crippen molar-refractivity contribution in [2.75, 3.05) is 5.32 Å². The van der Waals surface area contributed by atoms with E-state index in [1.165, 1.54) is 17.7 Å². The van der Waals surface area contributed by atoms with Gasteiger partial charge in [-0.3, -0.25) is 0 Å². The van der Waals surface area contributed by atoms with E-state index in [1.54, 1.807) is 12.1 Å². The second-order valence-electron chi connectivity index (χ2n) is 9.70. The fourth-order valence-corrected chi connectivity index (χ4v) is 4.33. The molecule has 1 aliphatic rings. The minimum atomic E-state index is -0.571. The minimum absolute atomic E-state index is 0.0205. The summed E-state index contributed by atoms with van der Waals surface area (Å²) < 4.78 is 32.6. The fourth-order valence-electron chi connectivity index (χ4n) is 4.33. The second-order valence-corrected chi connectivity index (χ2v) is 9.70. The molecule has 0 radical (unpaired) electrons. The first kappa shape index (κ1) is 24.2. The molecule has 4 rings (SSSR count). The third-order valence-electron chi connectivity index (χ3n) is 6.16. The molecule has 3 aromatic rings. The number of fused-ring (bicyclic) bond motifs is 1. The van der Waals surface area contributed by atoms with E-state index < -0.39 is 5.60 Å². The molecule has 5 heteroatoms. The summed E-state index contributed by atoms with van der Waals surface area (Å²) >= 11 is 0. The van der Waals surface area contributed by atoms with Crippen LogP contribution in [0.1, 0.15) is 56.1 Å². The van der Waals surface area contributed by atoms with Crippen molar-refractivity contribution < 1.29 is 18.6 Å². The molecule has 34 heavy (non-hydrogen) atoms. The van der Waals surface area contributed by atoms with Crippen LogP contribution in [0.25, 0.3) is 0 Å². The summed E-state index contributed by atoms with van der Waals surface area (Å²) in [6.45, 7) is 11.4. The average molecular weight is 464 g/mol. The van der Waals surface area contributed by atoms with Crippen molar-refractivity contribution in [2.24, 2.45) is 0 Å². The van der Waals surface area contributed by atoms with Crippen LogP contribution in [0.4, 0.5) is 10.1 Å². The van der Waals surface area contributed by atoms with Crippen molar-refractivity contribution >= 4 is 5.69 Å². The van der Waals surface area contributed by atoms with Crippen LogP contribution in [0.2, 0.25) is 0 Å². The molecule has 1 N–H and O–H groups in total. The van der Waals surface area contributed by atoms with Crippen LogP contribution < -0.4 is 10.1 Å². The van der Waals surface area contributed by atoms with Gasteiger partial charge >= 0.3 is 0 Å². The number of aryl methyl sites for hydroxylation is 1. The van der Waals surface area contributed by atoms with E-state index in [9.17, 15) is 4.39 Å². The first-order valence-corrected chi connectivity index (χ1v) is 11.9. The Morgan fingerprint density at radius 3 is 2.47 bits per heavy atom. The molecule has 0 saturated heterocycles. The summed E-state index contributed by atoms with van der Waals surface area (Å²) in [5.74, 6) is 0.571. The van der Waals surface area contributed by atoms with Crippen molar-refractivity contribution in [1.29, 1.82) is 0 Å². The molecule has 0 fully saturated rings. The van der Waals surface area contributed by atoms with E-state index in [2.05, 4.69) is 44.3 Å². The van der Waals surface area contributed by atoms with Crippen LogP contribution in [0, 0.1) is 12.7 Å². The number of hydrogen-bond acceptors (Lipinski definition) is 4. The lowest BCUT2D eigenvalue weighted by atomic mass is 9.87. The molecule has 2 atom stereocenters. The van der Waals surface area contributed by atoms with Gasteiger partial charge in [-0.25, -0.2) is 4.39 Å². The predicted octanol–water partition coefficient (Wildman–Crippen LogP) is 6.97. The summed E-state index contributed by atoms with van der Waals surface area (Å²) in [5, 5.41) is 3.43. The number of ether oxygens (including phenoxy) is 3. The zero-order valence-corrected chi connectivity index (χ0v) is 20.6. The summed E-state index contributed by atoms with van der Waals surface area (Å²) in [6, 6.07) is 20.8. The van der Waals surface area contributed by atoms with Gasteiger partial charge in [0.2, 0.25) is 0 Å². The highest BCUT2D eigenvalue weighted by Crippen LogP contribution is 2.45. The molecule has 1 heterocycles. The Morgan fingerprint density at radius 1 is 1.03 bits per heavy atom. The van der Waals surface area contributed by atoms with Crippen LogP contribution in [0.3, 0.4) is 0 Å². The van der Waals surface area contributed by atoms with Gasteiger partial charge in [-0.05, 0) is 81.6 Å². The van der Waals surface area contributed by atoms with Crippen LogP contribution in [-0.4, -0.2) is 17.8 Å². The molecular weight excluding hydrogens is 429 g/mol. The van der Waals surface area contributed by atoms with Gasteiger partial charge in [-0.1, -0.05) is 36.4 Å². The minimum Gasteiger partial charge on any atom is -0.485 e. The van der Waals surface area contributed by atoms with Gasteiger partial charge in [0, 0.05) is 17.8 Å². The largest absolute Gasteiger partial charge is 0.485 e. The van der Waals surface area contributed by atoms with Crippen molar-refractivity contribution in [3.63, 3.8) is 0 Å². The molecule has 0 spiro atoms. The topological polar surface area (TPSA) is 39.7 Å². The lowest BCUT2D eigenvalue weighted by molar-refractivity contribution is -0.177. The Labute approximate surface area is 202 Å². The number of rotatable bonds is 8. The zero-order valence-electron chi connectivity index (χ0n) is 20.6. The van der Waals surface area contributed by atoms with Gasteiger partial charge in [0.1, 0.15) is 29.4 Å². The number of benzene rings is 3. The lowest BCUT2D eigenvalue weighted by Gasteiger charge is -2.45. The number of hydrogen-bond donors (Lipinski definition) is 1. The first-order valence-electron chi connectivity index (χ1n) is 11.9. The van der Waals surface area contributed by atoms with E-state index in [-0.39, 0.29) is 24.1 Å². The van der Waals surface area contributed by atoms with Crippen LogP contribution in [0.5, 0.6) is 5.75 Å². The maximum Gasteiger partial charge on any atom is 0.132 e. The molecular formula is C29H34FNO3. The van der Waals surface area contributed by atoms with E-state index >= 15 is 0 Å². The molecule has 0 amide bonds. The highest BCUT2D eigenvalue weighted by Gasteiger charge is 2.46. The number of halogens is 1. The summed E-state index contributed by atoms with van der Waals surface area (Å²) in [5.41, 5.74) is 4.70.